The first-order valence-corrected chi connectivity index (χ1v) is 8.38. The molecule has 1 N–H and O–H groups in total. The highest BCUT2D eigenvalue weighted by molar-refractivity contribution is 5.09. The van der Waals surface area contributed by atoms with Crippen molar-refractivity contribution in [3.05, 3.63) is 0 Å². The molecule has 0 aromatic rings. The summed E-state index contributed by atoms with van der Waals surface area (Å²) in [4.78, 5) is 11.7. The molecule has 4 aliphatic heterocycles. The zero-order valence-electron chi connectivity index (χ0n) is 13.5. The Labute approximate surface area is 130 Å². The lowest BCUT2D eigenvalue weighted by Gasteiger charge is -2.60. The number of ether oxygens (including phenoxy) is 3. The van der Waals surface area contributed by atoms with Gasteiger partial charge in [-0.15, -0.1) is 0 Å². The van der Waals surface area contributed by atoms with Gasteiger partial charge in [-0.25, -0.2) is 9.78 Å². The Morgan fingerprint density at radius 2 is 2.00 bits per heavy atom. The molecule has 6 heteroatoms. The Morgan fingerprint density at radius 3 is 2.73 bits per heavy atom. The van der Waals surface area contributed by atoms with Gasteiger partial charge < -0.3 is 19.3 Å². The van der Waals surface area contributed by atoms with E-state index in [4.69, 9.17) is 24.0 Å². The lowest BCUT2D eigenvalue weighted by Crippen LogP contribution is -2.70. The number of aliphatic hydroxyl groups is 1. The molecule has 1 saturated carbocycles. The van der Waals surface area contributed by atoms with Gasteiger partial charge in [-0.05, 0) is 32.1 Å². The molecule has 1 spiro atoms. The van der Waals surface area contributed by atoms with Crippen LogP contribution in [0, 0.1) is 23.7 Å². The third kappa shape index (κ3) is 1.88. The summed E-state index contributed by atoms with van der Waals surface area (Å²) in [5.74, 6) is 0.0493. The maximum absolute atomic E-state index is 9.83. The maximum atomic E-state index is 9.83. The molecule has 0 radical (unpaired) electrons. The monoisotopic (exact) mass is 314 g/mol. The SMILES string of the molecule is CO[C@H]1O[C@@H]2O[C@@]3(C)CC[C@H]4[C@H](CO)CC[C@@H]([C@H]1C)[C@@]24OO3. The second-order valence-corrected chi connectivity index (χ2v) is 7.47. The predicted molar refractivity (Wildman–Crippen MR) is 75.2 cm³/mol. The molecule has 0 aromatic carbocycles. The minimum absolute atomic E-state index is 0.175. The molecule has 126 valence electrons. The standard InChI is InChI=1S/C16H26O6/c1-9-11-5-4-10(8-17)12-6-7-15(2)20-14(19-13(9)18-3)16(11,12)22-21-15/h9-14,17H,4-8H2,1-3H3/t9-,10+,11+,12+,13+,14-,15-,16+/m1/s1. The number of fused-ring (bicyclic) bond motifs is 2. The number of hydrogen-bond donors (Lipinski definition) is 1. The summed E-state index contributed by atoms with van der Waals surface area (Å²) in [6, 6.07) is 0. The molecule has 0 amide bonds. The summed E-state index contributed by atoms with van der Waals surface area (Å²) < 4.78 is 17.8. The molecule has 6 nitrogen and oxygen atoms in total. The van der Waals surface area contributed by atoms with E-state index in [2.05, 4.69) is 6.92 Å². The van der Waals surface area contributed by atoms with E-state index in [1.54, 1.807) is 7.11 Å². The highest BCUT2D eigenvalue weighted by Gasteiger charge is 2.69. The number of rotatable bonds is 2. The Hall–Kier alpha value is -0.240. The smallest absolute Gasteiger partial charge is 0.201 e. The van der Waals surface area contributed by atoms with Crippen LogP contribution in [-0.4, -0.2) is 42.8 Å². The quantitative estimate of drug-likeness (QED) is 0.784. The molecule has 5 rings (SSSR count). The summed E-state index contributed by atoms with van der Waals surface area (Å²) in [5.41, 5.74) is -0.629. The van der Waals surface area contributed by atoms with Crippen molar-refractivity contribution in [2.45, 2.75) is 63.5 Å². The van der Waals surface area contributed by atoms with Crippen molar-refractivity contribution in [3.63, 3.8) is 0 Å². The third-order valence-electron chi connectivity index (χ3n) is 6.36. The first kappa shape index (κ1) is 15.3. The van der Waals surface area contributed by atoms with Gasteiger partial charge in [0, 0.05) is 37.9 Å². The first-order valence-electron chi connectivity index (χ1n) is 8.38. The molecule has 1 aliphatic carbocycles. The van der Waals surface area contributed by atoms with Crippen LogP contribution in [0.2, 0.25) is 0 Å². The zero-order valence-corrected chi connectivity index (χ0v) is 13.5. The van der Waals surface area contributed by atoms with Crippen LogP contribution in [0.15, 0.2) is 0 Å². The lowest BCUT2D eigenvalue weighted by atomic mass is 9.58. The number of hydrogen-bond acceptors (Lipinski definition) is 6. The highest BCUT2D eigenvalue weighted by Crippen LogP contribution is 2.60. The van der Waals surface area contributed by atoms with Crippen LogP contribution in [0.3, 0.4) is 0 Å². The van der Waals surface area contributed by atoms with Crippen molar-refractivity contribution in [1.82, 2.24) is 0 Å². The normalized spacial score (nSPS) is 57.3. The average molecular weight is 314 g/mol. The maximum Gasteiger partial charge on any atom is 0.201 e. The largest absolute Gasteiger partial charge is 0.396 e. The molecule has 22 heavy (non-hydrogen) atoms. The Balaban J connectivity index is 1.79. The summed E-state index contributed by atoms with van der Waals surface area (Å²) in [6.07, 6.45) is 2.84. The average Bonchev–Trinajstić information content (AvgIpc) is 2.75. The van der Waals surface area contributed by atoms with E-state index in [-0.39, 0.29) is 36.6 Å². The van der Waals surface area contributed by atoms with E-state index in [1.807, 2.05) is 6.92 Å². The van der Waals surface area contributed by atoms with E-state index in [1.165, 1.54) is 0 Å². The fraction of sp³-hybridized carbons (Fsp3) is 1.00. The van der Waals surface area contributed by atoms with Crippen LogP contribution in [0.25, 0.3) is 0 Å². The van der Waals surface area contributed by atoms with Crippen LogP contribution >= 0.6 is 0 Å². The molecule has 4 saturated heterocycles. The van der Waals surface area contributed by atoms with E-state index in [0.717, 1.165) is 25.7 Å². The van der Waals surface area contributed by atoms with Crippen LogP contribution in [0.5, 0.6) is 0 Å². The van der Waals surface area contributed by atoms with Gasteiger partial charge >= 0.3 is 0 Å². The van der Waals surface area contributed by atoms with Gasteiger partial charge in [0.05, 0.1) is 0 Å². The van der Waals surface area contributed by atoms with Crippen molar-refractivity contribution in [3.8, 4) is 0 Å². The Morgan fingerprint density at radius 1 is 1.18 bits per heavy atom. The van der Waals surface area contributed by atoms with Gasteiger partial charge in [0.2, 0.25) is 5.79 Å². The molecular weight excluding hydrogens is 288 g/mol. The number of aliphatic hydroxyl groups excluding tert-OH is 1. The summed E-state index contributed by atoms with van der Waals surface area (Å²) in [7, 11) is 1.67. The molecule has 0 aromatic heterocycles. The second-order valence-electron chi connectivity index (χ2n) is 7.47. The summed E-state index contributed by atoms with van der Waals surface area (Å²) in [5, 5.41) is 9.83. The third-order valence-corrected chi connectivity index (χ3v) is 6.36. The van der Waals surface area contributed by atoms with E-state index in [0.29, 0.717) is 0 Å². The molecule has 5 aliphatic rings. The van der Waals surface area contributed by atoms with Crippen LogP contribution in [0.4, 0.5) is 0 Å². The Kier molecular flexibility index (Phi) is 3.57. The molecule has 0 unspecified atom stereocenters. The fourth-order valence-electron chi connectivity index (χ4n) is 5.19. The van der Waals surface area contributed by atoms with E-state index >= 15 is 0 Å². The minimum atomic E-state index is -0.781. The molecule has 4 heterocycles. The molecular formula is C16H26O6. The van der Waals surface area contributed by atoms with E-state index < -0.39 is 17.7 Å². The van der Waals surface area contributed by atoms with Gasteiger partial charge in [0.15, 0.2) is 18.2 Å². The lowest BCUT2D eigenvalue weighted by molar-refractivity contribution is -0.577. The van der Waals surface area contributed by atoms with Gasteiger partial charge in [-0.1, -0.05) is 6.92 Å². The Bertz CT molecular complexity index is 440. The zero-order chi connectivity index (χ0) is 15.5. The second kappa shape index (κ2) is 5.13. The van der Waals surface area contributed by atoms with Crippen molar-refractivity contribution in [2.24, 2.45) is 23.7 Å². The van der Waals surface area contributed by atoms with E-state index in [9.17, 15) is 5.11 Å². The molecule has 8 atom stereocenters. The summed E-state index contributed by atoms with van der Waals surface area (Å²) >= 11 is 0. The minimum Gasteiger partial charge on any atom is -0.396 e. The van der Waals surface area contributed by atoms with Gasteiger partial charge in [-0.2, -0.15) is 0 Å². The van der Waals surface area contributed by atoms with Crippen molar-refractivity contribution in [1.29, 1.82) is 0 Å². The van der Waals surface area contributed by atoms with Gasteiger partial charge in [0.25, 0.3) is 0 Å². The fourth-order valence-corrected chi connectivity index (χ4v) is 5.19. The molecule has 5 fully saturated rings. The van der Waals surface area contributed by atoms with Crippen LogP contribution in [-0.2, 0) is 24.0 Å². The summed E-state index contributed by atoms with van der Waals surface area (Å²) in [6.45, 7) is 4.21. The van der Waals surface area contributed by atoms with Crippen LogP contribution < -0.4 is 0 Å². The van der Waals surface area contributed by atoms with Crippen molar-refractivity contribution >= 4 is 0 Å². The highest BCUT2D eigenvalue weighted by atomic mass is 17.3. The van der Waals surface area contributed by atoms with Gasteiger partial charge in [0.1, 0.15) is 0 Å². The van der Waals surface area contributed by atoms with Crippen molar-refractivity contribution in [2.75, 3.05) is 13.7 Å². The number of methoxy groups -OCH3 is 1. The van der Waals surface area contributed by atoms with Crippen LogP contribution in [0.1, 0.15) is 39.5 Å². The molecule has 2 bridgehead atoms. The van der Waals surface area contributed by atoms with Gasteiger partial charge in [-0.3, -0.25) is 0 Å². The predicted octanol–water partition coefficient (Wildman–Crippen LogP) is 1.81. The van der Waals surface area contributed by atoms with Crippen molar-refractivity contribution < 1.29 is 29.1 Å². The topological polar surface area (TPSA) is 66.4 Å². The first-order chi connectivity index (χ1) is 10.5.